The molecular weight excluding hydrogens is 270 g/mol. The molecule has 1 saturated carbocycles. The average molecular weight is 288 g/mol. The smallest absolute Gasteiger partial charge is 0.249 e. The van der Waals surface area contributed by atoms with Gasteiger partial charge in [0.05, 0.1) is 0 Å². The summed E-state index contributed by atoms with van der Waals surface area (Å²) >= 11 is 0. The average Bonchev–Trinajstić information content (AvgIpc) is 2.37. The first-order valence-corrected chi connectivity index (χ1v) is 6.86. The summed E-state index contributed by atoms with van der Waals surface area (Å²) in [4.78, 5) is 36.7. The van der Waals surface area contributed by atoms with Crippen molar-refractivity contribution < 1.29 is 23.2 Å². The van der Waals surface area contributed by atoms with Gasteiger partial charge in [0.1, 0.15) is 12.6 Å². The molecule has 7 heteroatoms. The Morgan fingerprint density at radius 2 is 1.95 bits per heavy atom. The third-order valence-corrected chi connectivity index (χ3v) is 3.99. The fourth-order valence-electron chi connectivity index (χ4n) is 2.83. The van der Waals surface area contributed by atoms with Gasteiger partial charge in [-0.05, 0) is 19.3 Å². The van der Waals surface area contributed by atoms with Crippen LogP contribution in [0.1, 0.15) is 39.0 Å². The molecule has 3 amide bonds. The van der Waals surface area contributed by atoms with Crippen LogP contribution in [0.3, 0.4) is 0 Å². The molecule has 2 fully saturated rings. The number of carbonyl (C=O) groups excluding carboxylic acids is 3. The van der Waals surface area contributed by atoms with Crippen molar-refractivity contribution in [1.82, 2.24) is 10.2 Å². The van der Waals surface area contributed by atoms with Gasteiger partial charge in [-0.2, -0.15) is 0 Å². The monoisotopic (exact) mass is 288 g/mol. The summed E-state index contributed by atoms with van der Waals surface area (Å²) in [6, 6.07) is -0.678. The molecular formula is C13H18F2N2O3. The predicted molar refractivity (Wildman–Crippen MR) is 65.8 cm³/mol. The van der Waals surface area contributed by atoms with E-state index in [4.69, 9.17) is 0 Å². The zero-order chi connectivity index (χ0) is 14.9. The molecule has 0 bridgehead atoms. The molecule has 20 heavy (non-hydrogen) atoms. The van der Waals surface area contributed by atoms with E-state index in [1.807, 2.05) is 0 Å². The van der Waals surface area contributed by atoms with Crippen LogP contribution in [-0.2, 0) is 14.4 Å². The summed E-state index contributed by atoms with van der Waals surface area (Å²) in [5.41, 5.74) is 0. The van der Waals surface area contributed by atoms with Gasteiger partial charge in [-0.1, -0.05) is 6.92 Å². The van der Waals surface area contributed by atoms with Gasteiger partial charge in [0.2, 0.25) is 23.6 Å². The molecule has 1 aliphatic carbocycles. The van der Waals surface area contributed by atoms with Crippen molar-refractivity contribution in [2.75, 3.05) is 6.54 Å². The van der Waals surface area contributed by atoms with Gasteiger partial charge in [0.25, 0.3) is 0 Å². The van der Waals surface area contributed by atoms with Gasteiger partial charge in [-0.15, -0.1) is 0 Å². The van der Waals surface area contributed by atoms with Crippen LogP contribution >= 0.6 is 0 Å². The molecule has 1 N–H and O–H groups in total. The Labute approximate surface area is 115 Å². The topological polar surface area (TPSA) is 66.5 Å². The van der Waals surface area contributed by atoms with Crippen LogP contribution in [0.2, 0.25) is 0 Å². The number of nitrogens with zero attached hydrogens (tertiary/aromatic N) is 1. The number of imide groups is 1. The molecule has 1 unspecified atom stereocenters. The van der Waals surface area contributed by atoms with E-state index >= 15 is 0 Å². The van der Waals surface area contributed by atoms with Crippen LogP contribution in [-0.4, -0.2) is 41.1 Å². The third-order valence-electron chi connectivity index (χ3n) is 3.99. The first-order chi connectivity index (χ1) is 9.34. The normalized spacial score (nSPS) is 27.4. The number of piperazine rings is 1. The van der Waals surface area contributed by atoms with E-state index in [0.29, 0.717) is 6.42 Å². The van der Waals surface area contributed by atoms with Crippen LogP contribution in [0.4, 0.5) is 8.78 Å². The summed E-state index contributed by atoms with van der Waals surface area (Å²) in [5, 5.41) is 2.19. The van der Waals surface area contributed by atoms with E-state index in [9.17, 15) is 23.2 Å². The van der Waals surface area contributed by atoms with Crippen molar-refractivity contribution in [3.63, 3.8) is 0 Å². The number of rotatable bonds is 2. The van der Waals surface area contributed by atoms with Crippen LogP contribution in [0.25, 0.3) is 0 Å². The van der Waals surface area contributed by atoms with E-state index in [0.717, 1.165) is 0 Å². The van der Waals surface area contributed by atoms with E-state index in [-0.39, 0.29) is 38.1 Å². The molecule has 0 spiro atoms. The predicted octanol–water partition coefficient (Wildman–Crippen LogP) is 1.08. The number of amides is 3. The molecule has 1 saturated heterocycles. The van der Waals surface area contributed by atoms with Gasteiger partial charge in [0, 0.05) is 18.8 Å². The fraction of sp³-hybridized carbons (Fsp3) is 0.769. The third kappa shape index (κ3) is 2.96. The van der Waals surface area contributed by atoms with Crippen LogP contribution in [0.5, 0.6) is 0 Å². The van der Waals surface area contributed by atoms with Crippen molar-refractivity contribution >= 4 is 17.7 Å². The summed E-state index contributed by atoms with van der Waals surface area (Å²) in [6.45, 7) is 1.57. The highest BCUT2D eigenvalue weighted by atomic mass is 19.3. The van der Waals surface area contributed by atoms with Gasteiger partial charge >= 0.3 is 0 Å². The van der Waals surface area contributed by atoms with Crippen LogP contribution < -0.4 is 5.32 Å². The van der Waals surface area contributed by atoms with Gasteiger partial charge in [0.15, 0.2) is 0 Å². The number of halogens is 2. The molecule has 1 atom stereocenters. The zero-order valence-corrected chi connectivity index (χ0v) is 11.3. The van der Waals surface area contributed by atoms with E-state index in [2.05, 4.69) is 5.32 Å². The van der Waals surface area contributed by atoms with E-state index in [1.165, 1.54) is 4.90 Å². The lowest BCUT2D eigenvalue weighted by molar-refractivity contribution is -0.154. The fourth-order valence-corrected chi connectivity index (χ4v) is 2.83. The molecule has 1 heterocycles. The summed E-state index contributed by atoms with van der Waals surface area (Å²) in [6.07, 6.45) is -0.0146. The highest BCUT2D eigenvalue weighted by Gasteiger charge is 2.42. The molecule has 0 aromatic heterocycles. The minimum Gasteiger partial charge on any atom is -0.321 e. The largest absolute Gasteiger partial charge is 0.321 e. The maximum Gasteiger partial charge on any atom is 0.249 e. The van der Waals surface area contributed by atoms with Crippen LogP contribution in [0.15, 0.2) is 0 Å². The Hall–Kier alpha value is -1.53. The van der Waals surface area contributed by atoms with Crippen molar-refractivity contribution in [2.24, 2.45) is 5.92 Å². The number of alkyl halides is 2. The summed E-state index contributed by atoms with van der Waals surface area (Å²) < 4.78 is 26.2. The minimum absolute atomic E-state index is 0.106. The van der Waals surface area contributed by atoms with Crippen LogP contribution in [0, 0.1) is 5.92 Å². The maximum absolute atomic E-state index is 13.1. The molecule has 0 aromatic rings. The van der Waals surface area contributed by atoms with Gasteiger partial charge in [-0.25, -0.2) is 8.78 Å². The van der Waals surface area contributed by atoms with E-state index < -0.39 is 29.7 Å². The molecule has 5 nitrogen and oxygen atoms in total. The second-order valence-corrected chi connectivity index (χ2v) is 5.43. The molecule has 0 aromatic carbocycles. The molecule has 2 rings (SSSR count). The SMILES string of the molecule is CCC1C(=O)NC(=O)CN1C(=O)C1CCC(F)(F)CC1. The number of carbonyl (C=O) groups is 3. The Morgan fingerprint density at radius 1 is 1.35 bits per heavy atom. The molecule has 2 aliphatic rings. The number of hydrogen-bond donors (Lipinski definition) is 1. The van der Waals surface area contributed by atoms with Gasteiger partial charge in [-0.3, -0.25) is 19.7 Å². The first-order valence-electron chi connectivity index (χ1n) is 6.86. The quantitative estimate of drug-likeness (QED) is 0.773. The van der Waals surface area contributed by atoms with Crippen molar-refractivity contribution in [1.29, 1.82) is 0 Å². The maximum atomic E-state index is 13.1. The lowest BCUT2D eigenvalue weighted by atomic mass is 9.85. The highest BCUT2D eigenvalue weighted by molar-refractivity contribution is 6.04. The van der Waals surface area contributed by atoms with E-state index in [1.54, 1.807) is 6.92 Å². The second-order valence-electron chi connectivity index (χ2n) is 5.43. The number of hydrogen-bond acceptors (Lipinski definition) is 3. The Balaban J connectivity index is 2.07. The Kier molecular flexibility index (Phi) is 4.06. The second kappa shape index (κ2) is 5.46. The molecule has 1 aliphatic heterocycles. The highest BCUT2D eigenvalue weighted by Crippen LogP contribution is 2.37. The zero-order valence-electron chi connectivity index (χ0n) is 11.3. The van der Waals surface area contributed by atoms with Gasteiger partial charge < -0.3 is 4.90 Å². The minimum atomic E-state index is -2.70. The lowest BCUT2D eigenvalue weighted by Crippen LogP contribution is -2.60. The van der Waals surface area contributed by atoms with Crippen molar-refractivity contribution in [3.8, 4) is 0 Å². The summed E-state index contributed by atoms with van der Waals surface area (Å²) in [5.74, 6) is -4.57. The number of nitrogens with one attached hydrogen (secondary N) is 1. The molecule has 112 valence electrons. The standard InChI is InChI=1S/C13H18F2N2O3/c1-2-9-11(19)16-10(18)7-17(9)12(20)8-3-5-13(14,15)6-4-8/h8-9H,2-7H2,1H3,(H,16,18,19). The lowest BCUT2D eigenvalue weighted by Gasteiger charge is -2.37. The van der Waals surface area contributed by atoms with Crippen molar-refractivity contribution in [2.45, 2.75) is 51.0 Å². The van der Waals surface area contributed by atoms with Crippen molar-refractivity contribution in [3.05, 3.63) is 0 Å². The Morgan fingerprint density at radius 3 is 2.50 bits per heavy atom. The Bertz CT molecular complexity index is 429. The molecule has 0 radical (unpaired) electrons. The summed E-state index contributed by atoms with van der Waals surface area (Å²) in [7, 11) is 0. The first kappa shape index (κ1) is 14.9.